The summed E-state index contributed by atoms with van der Waals surface area (Å²) >= 11 is 0. The van der Waals surface area contributed by atoms with Crippen LogP contribution in [0.1, 0.15) is 27.2 Å². The zero-order valence-electron chi connectivity index (χ0n) is 11.3. The van der Waals surface area contributed by atoms with Gasteiger partial charge in [-0.15, -0.1) is 0 Å². The number of piperazine rings is 1. The van der Waals surface area contributed by atoms with Crippen molar-refractivity contribution in [2.75, 3.05) is 32.7 Å². The molecule has 1 atom stereocenters. The van der Waals surface area contributed by atoms with Crippen LogP contribution in [-0.4, -0.2) is 65.4 Å². The molecule has 0 aromatic carbocycles. The van der Waals surface area contributed by atoms with E-state index in [0.29, 0.717) is 32.6 Å². The third kappa shape index (κ3) is 4.74. The summed E-state index contributed by atoms with van der Waals surface area (Å²) in [5, 5.41) is 9.66. The second-order valence-corrected chi connectivity index (χ2v) is 5.65. The first-order valence-electron chi connectivity index (χ1n) is 6.36. The number of hydrogen-bond donors (Lipinski definition) is 1. The molecular weight excluding hydrogens is 245 g/mol. The minimum Gasteiger partial charge on any atom is -0.392 e. The maximum absolute atomic E-state index is 12.4. The lowest BCUT2D eigenvalue weighted by Gasteiger charge is -2.47. The zero-order valence-corrected chi connectivity index (χ0v) is 11.3. The van der Waals surface area contributed by atoms with Gasteiger partial charge in [-0.1, -0.05) is 6.92 Å². The number of aliphatic hydroxyl groups excluding tert-OH is 1. The first-order valence-corrected chi connectivity index (χ1v) is 6.36. The smallest absolute Gasteiger partial charge is 0.392 e. The highest BCUT2D eigenvalue weighted by Gasteiger charge is 2.38. The quantitative estimate of drug-likeness (QED) is 0.841. The van der Waals surface area contributed by atoms with Gasteiger partial charge >= 0.3 is 6.18 Å². The van der Waals surface area contributed by atoms with E-state index in [1.54, 1.807) is 0 Å². The van der Waals surface area contributed by atoms with E-state index in [1.165, 1.54) is 4.90 Å². The fraction of sp³-hybridized carbons (Fsp3) is 1.00. The highest BCUT2D eigenvalue weighted by atomic mass is 19.4. The molecule has 0 radical (unpaired) electrons. The molecule has 1 N–H and O–H groups in total. The second kappa shape index (κ2) is 5.75. The van der Waals surface area contributed by atoms with Crippen molar-refractivity contribution in [3.05, 3.63) is 0 Å². The Morgan fingerprint density at radius 2 is 1.89 bits per heavy atom. The molecule has 0 aromatic rings. The van der Waals surface area contributed by atoms with Crippen LogP contribution in [0.4, 0.5) is 13.2 Å². The monoisotopic (exact) mass is 268 g/mol. The van der Waals surface area contributed by atoms with Crippen LogP contribution in [0.3, 0.4) is 0 Å². The molecule has 3 nitrogen and oxygen atoms in total. The summed E-state index contributed by atoms with van der Waals surface area (Å²) in [4.78, 5) is 3.52. The molecule has 108 valence electrons. The van der Waals surface area contributed by atoms with E-state index in [-0.39, 0.29) is 5.54 Å². The fourth-order valence-electron chi connectivity index (χ4n) is 2.40. The Labute approximate surface area is 107 Å². The number of β-amino-alcohol motifs (C(OH)–C–C–N with tert-alkyl or cyclic N) is 1. The van der Waals surface area contributed by atoms with Gasteiger partial charge in [-0.05, 0) is 20.3 Å². The number of hydrogen-bond acceptors (Lipinski definition) is 3. The van der Waals surface area contributed by atoms with Crippen LogP contribution in [0.25, 0.3) is 0 Å². The lowest BCUT2D eigenvalue weighted by molar-refractivity contribution is -0.156. The molecule has 0 unspecified atom stereocenters. The summed E-state index contributed by atoms with van der Waals surface area (Å²) in [5.74, 6) is 0. The molecule has 1 aliphatic rings. The van der Waals surface area contributed by atoms with Crippen molar-refractivity contribution in [2.24, 2.45) is 0 Å². The molecule has 0 aliphatic carbocycles. The number of nitrogens with zero attached hydrogens (tertiary/aromatic N) is 2. The summed E-state index contributed by atoms with van der Waals surface area (Å²) in [6, 6.07) is 0. The molecule has 0 bridgehead atoms. The maximum atomic E-state index is 12.4. The molecule has 1 saturated heterocycles. The van der Waals surface area contributed by atoms with Gasteiger partial charge in [-0.3, -0.25) is 9.80 Å². The zero-order chi connectivity index (χ0) is 14.0. The molecule has 0 aromatic heterocycles. The number of halogens is 3. The third-order valence-corrected chi connectivity index (χ3v) is 3.46. The molecule has 1 aliphatic heterocycles. The van der Waals surface area contributed by atoms with Gasteiger partial charge < -0.3 is 5.11 Å². The van der Waals surface area contributed by atoms with E-state index in [1.807, 2.05) is 20.8 Å². The summed E-state index contributed by atoms with van der Waals surface area (Å²) in [5.41, 5.74) is -0.334. The highest BCUT2D eigenvalue weighted by molar-refractivity contribution is 4.91. The van der Waals surface area contributed by atoms with E-state index in [0.717, 1.165) is 0 Å². The normalized spacial score (nSPS) is 24.2. The molecule has 1 rings (SSSR count). The lowest BCUT2D eigenvalue weighted by atomic mass is 9.98. The van der Waals surface area contributed by atoms with Crippen LogP contribution in [0.2, 0.25) is 0 Å². The van der Waals surface area contributed by atoms with E-state index in [4.69, 9.17) is 0 Å². The van der Waals surface area contributed by atoms with Crippen molar-refractivity contribution < 1.29 is 18.3 Å². The maximum Gasteiger partial charge on any atom is 0.401 e. The van der Waals surface area contributed by atoms with Crippen molar-refractivity contribution >= 4 is 0 Å². The molecular formula is C12H23F3N2O. The fourth-order valence-corrected chi connectivity index (χ4v) is 2.40. The minimum absolute atomic E-state index is 0.334. The first-order chi connectivity index (χ1) is 8.14. The molecule has 0 saturated carbocycles. The standard InChI is InChI=1S/C12H23F3N2O/c1-4-10(18)7-17-6-5-16(8-11(17,2)3)9-12(13,14)15/h10,18H,4-9H2,1-3H3/t10-/m1/s1. The SMILES string of the molecule is CC[C@@H](O)CN1CCN(CC(F)(F)F)CC1(C)C. The Balaban J connectivity index is 2.55. The van der Waals surface area contributed by atoms with Crippen LogP contribution in [0.15, 0.2) is 0 Å². The molecule has 1 heterocycles. The van der Waals surface area contributed by atoms with Gasteiger partial charge in [0.2, 0.25) is 0 Å². The molecule has 18 heavy (non-hydrogen) atoms. The number of aliphatic hydroxyl groups is 1. The van der Waals surface area contributed by atoms with Gasteiger partial charge in [0.05, 0.1) is 12.6 Å². The van der Waals surface area contributed by atoms with Crippen molar-refractivity contribution in [3.8, 4) is 0 Å². The molecule has 1 fully saturated rings. The molecule has 0 amide bonds. The van der Waals surface area contributed by atoms with Crippen LogP contribution < -0.4 is 0 Å². The summed E-state index contributed by atoms with van der Waals surface area (Å²) < 4.78 is 37.1. The average molecular weight is 268 g/mol. The first kappa shape index (κ1) is 15.7. The Hall–Kier alpha value is -0.330. The summed E-state index contributed by atoms with van der Waals surface area (Å²) in [7, 11) is 0. The largest absolute Gasteiger partial charge is 0.401 e. The van der Waals surface area contributed by atoms with Crippen molar-refractivity contribution in [1.82, 2.24) is 9.80 Å². The predicted octanol–water partition coefficient (Wildman–Crippen LogP) is 1.72. The lowest BCUT2D eigenvalue weighted by Crippen LogP contribution is -2.61. The van der Waals surface area contributed by atoms with Gasteiger partial charge in [0.25, 0.3) is 0 Å². The van der Waals surface area contributed by atoms with Gasteiger partial charge in [0.15, 0.2) is 0 Å². The van der Waals surface area contributed by atoms with Gasteiger partial charge in [-0.2, -0.15) is 13.2 Å². The molecule has 6 heteroatoms. The van der Waals surface area contributed by atoms with Gasteiger partial charge in [-0.25, -0.2) is 0 Å². The topological polar surface area (TPSA) is 26.7 Å². The second-order valence-electron chi connectivity index (χ2n) is 5.65. The van der Waals surface area contributed by atoms with E-state index < -0.39 is 18.8 Å². The predicted molar refractivity (Wildman–Crippen MR) is 64.4 cm³/mol. The van der Waals surface area contributed by atoms with Crippen LogP contribution >= 0.6 is 0 Å². The van der Waals surface area contributed by atoms with Gasteiger partial charge in [0, 0.05) is 31.7 Å². The Morgan fingerprint density at radius 3 is 2.33 bits per heavy atom. The van der Waals surface area contributed by atoms with Gasteiger partial charge in [0.1, 0.15) is 0 Å². The highest BCUT2D eigenvalue weighted by Crippen LogP contribution is 2.24. The van der Waals surface area contributed by atoms with Crippen LogP contribution in [0, 0.1) is 0 Å². The number of rotatable bonds is 4. The van der Waals surface area contributed by atoms with Crippen molar-refractivity contribution in [1.29, 1.82) is 0 Å². The van der Waals surface area contributed by atoms with Crippen molar-refractivity contribution in [2.45, 2.75) is 45.0 Å². The third-order valence-electron chi connectivity index (χ3n) is 3.46. The van der Waals surface area contributed by atoms with Crippen LogP contribution in [-0.2, 0) is 0 Å². The Morgan fingerprint density at radius 1 is 1.28 bits per heavy atom. The summed E-state index contributed by atoms with van der Waals surface area (Å²) in [6.07, 6.45) is -3.88. The Kier molecular flexibility index (Phi) is 5.03. The molecule has 0 spiro atoms. The van der Waals surface area contributed by atoms with E-state index in [9.17, 15) is 18.3 Å². The summed E-state index contributed by atoms with van der Waals surface area (Å²) in [6.45, 7) is 6.79. The van der Waals surface area contributed by atoms with E-state index >= 15 is 0 Å². The van der Waals surface area contributed by atoms with Crippen LogP contribution in [0.5, 0.6) is 0 Å². The number of alkyl halides is 3. The van der Waals surface area contributed by atoms with E-state index in [2.05, 4.69) is 4.90 Å². The minimum atomic E-state index is -4.14. The van der Waals surface area contributed by atoms with Crippen molar-refractivity contribution in [3.63, 3.8) is 0 Å². The average Bonchev–Trinajstić information content (AvgIpc) is 2.18. The Bertz CT molecular complexity index is 269.